The summed E-state index contributed by atoms with van der Waals surface area (Å²) < 4.78 is 0. The summed E-state index contributed by atoms with van der Waals surface area (Å²) in [5.74, 6) is 0.0798. The quantitative estimate of drug-likeness (QED) is 0.677. The molecule has 1 N–H and O–H groups in total. The molecule has 1 atom stereocenters. The van der Waals surface area contributed by atoms with Gasteiger partial charge < -0.3 is 5.32 Å². The summed E-state index contributed by atoms with van der Waals surface area (Å²) in [6.45, 7) is 9.04. The van der Waals surface area contributed by atoms with E-state index >= 15 is 0 Å². The molecule has 0 aromatic heterocycles. The summed E-state index contributed by atoms with van der Waals surface area (Å²) in [6.07, 6.45) is 4.83. The molecule has 0 aliphatic rings. The molecule has 0 aromatic carbocycles. The van der Waals surface area contributed by atoms with Crippen molar-refractivity contribution in [3.05, 3.63) is 0 Å². The van der Waals surface area contributed by atoms with Gasteiger partial charge in [-0.25, -0.2) is 0 Å². The van der Waals surface area contributed by atoms with E-state index in [-0.39, 0.29) is 5.91 Å². The van der Waals surface area contributed by atoms with Crippen LogP contribution in [-0.2, 0) is 4.79 Å². The topological polar surface area (TPSA) is 29.1 Å². The molecule has 2 heteroatoms. The highest BCUT2D eigenvalue weighted by molar-refractivity contribution is 5.72. The van der Waals surface area contributed by atoms with E-state index in [4.69, 9.17) is 0 Å². The maximum absolute atomic E-state index is 10.8. The highest BCUT2D eigenvalue weighted by atomic mass is 16.1. The Bertz CT molecular complexity index is 156. The van der Waals surface area contributed by atoms with Crippen molar-refractivity contribution >= 4 is 5.91 Å². The largest absolute Gasteiger partial charge is 0.356 e. The molecule has 0 aromatic rings. The average Bonchev–Trinajstić information content (AvgIpc) is 2.11. The van der Waals surface area contributed by atoms with Crippen LogP contribution in [-0.4, -0.2) is 12.5 Å². The van der Waals surface area contributed by atoms with Gasteiger partial charge in [-0.3, -0.25) is 4.79 Å². The third-order valence-corrected chi connectivity index (χ3v) is 2.75. The lowest BCUT2D eigenvalue weighted by molar-refractivity contribution is -0.119. The van der Waals surface area contributed by atoms with Crippen molar-refractivity contribution < 1.29 is 4.79 Å². The van der Waals surface area contributed by atoms with Gasteiger partial charge in [0.15, 0.2) is 0 Å². The van der Waals surface area contributed by atoms with Crippen LogP contribution in [0.3, 0.4) is 0 Å². The number of carbonyl (C=O) groups is 1. The van der Waals surface area contributed by atoms with Crippen LogP contribution >= 0.6 is 0 Å². The summed E-state index contributed by atoms with van der Waals surface area (Å²) in [5, 5.41) is 2.91. The van der Waals surface area contributed by atoms with E-state index in [2.05, 4.69) is 26.1 Å². The summed E-state index contributed by atoms with van der Waals surface area (Å²) in [5.41, 5.74) is 0.293. The molecule has 13 heavy (non-hydrogen) atoms. The molecule has 1 unspecified atom stereocenters. The second-order valence-electron chi connectivity index (χ2n) is 4.18. The highest BCUT2D eigenvalue weighted by Crippen LogP contribution is 2.26. The number of amides is 1. The maximum Gasteiger partial charge on any atom is 0.216 e. The number of nitrogens with one attached hydrogen (secondary N) is 1. The van der Waals surface area contributed by atoms with Gasteiger partial charge in [0, 0.05) is 13.5 Å². The molecule has 0 radical (unpaired) electrons. The summed E-state index contributed by atoms with van der Waals surface area (Å²) in [6, 6.07) is 0. The van der Waals surface area contributed by atoms with Crippen molar-refractivity contribution in [1.82, 2.24) is 5.32 Å². The molecule has 0 rings (SSSR count). The predicted molar refractivity (Wildman–Crippen MR) is 56.6 cm³/mol. The second-order valence-corrected chi connectivity index (χ2v) is 4.18. The normalized spacial score (nSPS) is 15.1. The van der Waals surface area contributed by atoms with Crippen molar-refractivity contribution in [3.63, 3.8) is 0 Å². The van der Waals surface area contributed by atoms with E-state index in [0.29, 0.717) is 5.41 Å². The molecule has 0 saturated heterocycles. The van der Waals surface area contributed by atoms with Gasteiger partial charge in [-0.15, -0.1) is 0 Å². The fraction of sp³-hybridized carbons (Fsp3) is 0.909. The first-order valence-electron chi connectivity index (χ1n) is 5.28. The lowest BCUT2D eigenvalue weighted by Gasteiger charge is -2.28. The second kappa shape index (κ2) is 6.01. The minimum absolute atomic E-state index is 0.0798. The van der Waals surface area contributed by atoms with Crippen LogP contribution in [0.1, 0.15) is 53.4 Å². The van der Waals surface area contributed by atoms with Gasteiger partial charge in [-0.05, 0) is 18.3 Å². The minimum atomic E-state index is 0.0798. The molecule has 0 fully saturated rings. The van der Waals surface area contributed by atoms with Gasteiger partial charge in [-0.2, -0.15) is 0 Å². The summed E-state index contributed by atoms with van der Waals surface area (Å²) in [4.78, 5) is 10.8. The third-order valence-electron chi connectivity index (χ3n) is 2.75. The molecule has 0 saturated carbocycles. The summed E-state index contributed by atoms with van der Waals surface area (Å²) in [7, 11) is 0. The van der Waals surface area contributed by atoms with E-state index in [1.165, 1.54) is 19.3 Å². The third kappa shape index (κ3) is 5.67. The number of unbranched alkanes of at least 4 members (excludes halogenated alkanes) is 1. The van der Waals surface area contributed by atoms with Gasteiger partial charge in [-0.1, -0.05) is 33.6 Å². The van der Waals surface area contributed by atoms with Crippen molar-refractivity contribution in [2.24, 2.45) is 5.41 Å². The SMILES string of the molecule is CCCCC(C)(CC)CNC(C)=O. The number of hydrogen-bond donors (Lipinski definition) is 1. The maximum atomic E-state index is 10.8. The van der Waals surface area contributed by atoms with Crippen LogP contribution in [0.4, 0.5) is 0 Å². The molecule has 2 nitrogen and oxygen atoms in total. The Kier molecular flexibility index (Phi) is 5.76. The first-order valence-corrected chi connectivity index (χ1v) is 5.28. The smallest absolute Gasteiger partial charge is 0.216 e. The number of hydrogen-bond acceptors (Lipinski definition) is 1. The Balaban J connectivity index is 3.87. The highest BCUT2D eigenvalue weighted by Gasteiger charge is 2.21. The van der Waals surface area contributed by atoms with E-state index < -0.39 is 0 Å². The average molecular weight is 185 g/mol. The van der Waals surface area contributed by atoms with Gasteiger partial charge in [0.05, 0.1) is 0 Å². The Morgan fingerprint density at radius 1 is 1.38 bits per heavy atom. The van der Waals surface area contributed by atoms with Crippen LogP contribution in [0.5, 0.6) is 0 Å². The van der Waals surface area contributed by atoms with Gasteiger partial charge in [0.2, 0.25) is 5.91 Å². The Labute approximate surface area is 82.1 Å². The Hall–Kier alpha value is -0.530. The van der Waals surface area contributed by atoms with E-state index in [9.17, 15) is 4.79 Å². The molecule has 78 valence electrons. The summed E-state index contributed by atoms with van der Waals surface area (Å²) >= 11 is 0. The lowest BCUT2D eigenvalue weighted by atomic mass is 9.82. The van der Waals surface area contributed by atoms with E-state index in [0.717, 1.165) is 13.0 Å². The molecule has 0 aliphatic carbocycles. The van der Waals surface area contributed by atoms with Crippen LogP contribution in [0.2, 0.25) is 0 Å². The van der Waals surface area contributed by atoms with Crippen molar-refractivity contribution in [2.45, 2.75) is 53.4 Å². The first-order chi connectivity index (χ1) is 6.04. The van der Waals surface area contributed by atoms with Gasteiger partial charge >= 0.3 is 0 Å². The Morgan fingerprint density at radius 2 is 2.00 bits per heavy atom. The Morgan fingerprint density at radius 3 is 2.38 bits per heavy atom. The molecule has 0 bridgehead atoms. The number of carbonyl (C=O) groups excluding carboxylic acids is 1. The van der Waals surface area contributed by atoms with Crippen molar-refractivity contribution in [3.8, 4) is 0 Å². The van der Waals surface area contributed by atoms with E-state index in [1.54, 1.807) is 6.92 Å². The van der Waals surface area contributed by atoms with Crippen molar-refractivity contribution in [1.29, 1.82) is 0 Å². The fourth-order valence-electron chi connectivity index (χ4n) is 1.33. The molecule has 1 amide bonds. The molecule has 0 spiro atoms. The first kappa shape index (κ1) is 12.5. The fourth-order valence-corrected chi connectivity index (χ4v) is 1.33. The van der Waals surface area contributed by atoms with Gasteiger partial charge in [0.1, 0.15) is 0 Å². The van der Waals surface area contributed by atoms with Crippen LogP contribution in [0.25, 0.3) is 0 Å². The standard InChI is InChI=1S/C11H23NO/c1-5-7-8-11(4,6-2)9-12-10(3)13/h5-9H2,1-4H3,(H,12,13). The van der Waals surface area contributed by atoms with Crippen LogP contribution in [0.15, 0.2) is 0 Å². The number of rotatable bonds is 6. The monoisotopic (exact) mass is 185 g/mol. The van der Waals surface area contributed by atoms with E-state index in [1.807, 2.05) is 0 Å². The predicted octanol–water partition coefficient (Wildman–Crippen LogP) is 2.73. The zero-order valence-electron chi connectivity index (χ0n) is 9.44. The zero-order chi connectivity index (χ0) is 10.3. The van der Waals surface area contributed by atoms with Crippen molar-refractivity contribution in [2.75, 3.05) is 6.54 Å². The minimum Gasteiger partial charge on any atom is -0.356 e. The lowest BCUT2D eigenvalue weighted by Crippen LogP contribution is -2.34. The van der Waals surface area contributed by atoms with Gasteiger partial charge in [0.25, 0.3) is 0 Å². The molecular formula is C11H23NO. The molecule has 0 aliphatic heterocycles. The zero-order valence-corrected chi connectivity index (χ0v) is 9.44. The molecule has 0 heterocycles. The van der Waals surface area contributed by atoms with Crippen LogP contribution in [0, 0.1) is 5.41 Å². The van der Waals surface area contributed by atoms with Crippen LogP contribution < -0.4 is 5.32 Å². The molecular weight excluding hydrogens is 162 g/mol.